The molecule has 0 heterocycles. The minimum atomic E-state index is -0.115. The Morgan fingerprint density at radius 1 is 1.29 bits per heavy atom. The molecule has 0 aromatic rings. The van der Waals surface area contributed by atoms with Gasteiger partial charge in [0.1, 0.15) is 5.78 Å². The number of aliphatic hydroxyl groups is 1. The smallest absolute Gasteiger partial charge is 0.133 e. The lowest BCUT2D eigenvalue weighted by Gasteiger charge is -2.48. The molecule has 2 bridgehead atoms. The van der Waals surface area contributed by atoms with Gasteiger partial charge >= 0.3 is 0 Å². The predicted octanol–water partition coefficient (Wildman–Crippen LogP) is 3.18. The van der Waals surface area contributed by atoms with Gasteiger partial charge in [0.05, 0.1) is 6.10 Å². The summed E-state index contributed by atoms with van der Waals surface area (Å²) in [5, 5.41) is 10.3. The zero-order chi connectivity index (χ0) is 12.4. The first kappa shape index (κ1) is 13.1. The topological polar surface area (TPSA) is 37.3 Å². The largest absolute Gasteiger partial charge is 0.393 e. The van der Waals surface area contributed by atoms with E-state index in [1.165, 1.54) is 12.8 Å². The fourth-order valence-corrected chi connectivity index (χ4v) is 4.08. The minimum absolute atomic E-state index is 0.115. The third-order valence-corrected chi connectivity index (χ3v) is 5.08. The first-order valence-electron chi connectivity index (χ1n) is 7.32. The Kier molecular flexibility index (Phi) is 4.24. The quantitative estimate of drug-likeness (QED) is 0.798. The molecular weight excluding hydrogens is 212 g/mol. The lowest BCUT2D eigenvalue weighted by Crippen LogP contribution is -2.44. The van der Waals surface area contributed by atoms with Crippen molar-refractivity contribution in [1.82, 2.24) is 0 Å². The van der Waals surface area contributed by atoms with Gasteiger partial charge in [-0.3, -0.25) is 4.79 Å². The number of hydrogen-bond donors (Lipinski definition) is 1. The van der Waals surface area contributed by atoms with Gasteiger partial charge in [-0.2, -0.15) is 0 Å². The summed E-state index contributed by atoms with van der Waals surface area (Å²) in [5.74, 6) is 2.35. The second-order valence-electron chi connectivity index (χ2n) is 6.16. The van der Waals surface area contributed by atoms with Crippen LogP contribution in [0.1, 0.15) is 58.8 Å². The standard InChI is InChI=1S/C15H26O2/c1-3-4-5-15(17)14-9-11-6-7-12(14)8-13(11)10(2)16/h11-15,17H,3-9H2,1-2H3. The Balaban J connectivity index is 1.94. The molecular formula is C15H26O2. The highest BCUT2D eigenvalue weighted by Gasteiger charge is 2.45. The molecule has 0 aromatic heterocycles. The Labute approximate surface area is 105 Å². The molecule has 2 nitrogen and oxygen atoms in total. The summed E-state index contributed by atoms with van der Waals surface area (Å²) in [5.41, 5.74) is 0. The van der Waals surface area contributed by atoms with Crippen molar-refractivity contribution < 1.29 is 9.90 Å². The molecule has 0 spiro atoms. The van der Waals surface area contributed by atoms with E-state index >= 15 is 0 Å². The number of unbranched alkanes of at least 4 members (excludes halogenated alkanes) is 1. The van der Waals surface area contributed by atoms with Crippen LogP contribution in [0.15, 0.2) is 0 Å². The zero-order valence-corrected chi connectivity index (χ0v) is 11.2. The van der Waals surface area contributed by atoms with Crippen molar-refractivity contribution in [2.24, 2.45) is 23.7 Å². The van der Waals surface area contributed by atoms with Crippen molar-refractivity contribution in [3.05, 3.63) is 0 Å². The van der Waals surface area contributed by atoms with Crippen LogP contribution < -0.4 is 0 Å². The fraction of sp³-hybridized carbons (Fsp3) is 0.933. The van der Waals surface area contributed by atoms with Crippen LogP contribution in [-0.4, -0.2) is 17.0 Å². The molecule has 17 heavy (non-hydrogen) atoms. The molecule has 3 rings (SSSR count). The maximum absolute atomic E-state index is 11.6. The molecule has 3 aliphatic carbocycles. The number of Topliss-reactive ketones (excluding diaryl/α,β-unsaturated/α-hetero) is 1. The van der Waals surface area contributed by atoms with E-state index in [-0.39, 0.29) is 6.10 Å². The summed E-state index contributed by atoms with van der Waals surface area (Å²) in [6.07, 6.45) is 7.73. The van der Waals surface area contributed by atoms with Crippen molar-refractivity contribution in [3.63, 3.8) is 0 Å². The monoisotopic (exact) mass is 238 g/mol. The first-order valence-corrected chi connectivity index (χ1v) is 7.32. The summed E-state index contributed by atoms with van der Waals surface area (Å²) >= 11 is 0. The number of hydrogen-bond acceptors (Lipinski definition) is 2. The van der Waals surface area contributed by atoms with E-state index in [9.17, 15) is 9.90 Å². The molecule has 0 saturated heterocycles. The SMILES string of the molecule is CCCCC(O)C1CC2CCC1CC2C(C)=O. The van der Waals surface area contributed by atoms with Crippen molar-refractivity contribution in [3.8, 4) is 0 Å². The van der Waals surface area contributed by atoms with E-state index < -0.39 is 0 Å². The molecule has 98 valence electrons. The summed E-state index contributed by atoms with van der Waals surface area (Å²) in [4.78, 5) is 11.6. The maximum Gasteiger partial charge on any atom is 0.133 e. The number of fused-ring (bicyclic) bond motifs is 3. The fourth-order valence-electron chi connectivity index (χ4n) is 4.08. The van der Waals surface area contributed by atoms with Crippen molar-refractivity contribution in [2.45, 2.75) is 64.9 Å². The molecule has 3 fully saturated rings. The number of aliphatic hydroxyl groups excluding tert-OH is 1. The van der Waals surface area contributed by atoms with E-state index in [1.54, 1.807) is 6.92 Å². The molecule has 3 aliphatic rings. The van der Waals surface area contributed by atoms with Gasteiger partial charge in [-0.15, -0.1) is 0 Å². The van der Waals surface area contributed by atoms with Gasteiger partial charge in [-0.05, 0) is 56.8 Å². The van der Waals surface area contributed by atoms with Crippen LogP contribution in [0.2, 0.25) is 0 Å². The molecule has 0 amide bonds. The highest BCUT2D eigenvalue weighted by Crippen LogP contribution is 2.50. The molecule has 3 saturated carbocycles. The molecule has 2 heteroatoms. The number of carbonyl (C=O) groups is 1. The maximum atomic E-state index is 11.6. The van der Waals surface area contributed by atoms with Crippen LogP contribution in [0.3, 0.4) is 0 Å². The highest BCUT2D eigenvalue weighted by atomic mass is 16.3. The van der Waals surface area contributed by atoms with Gasteiger partial charge in [-0.25, -0.2) is 0 Å². The highest BCUT2D eigenvalue weighted by molar-refractivity contribution is 5.78. The second kappa shape index (κ2) is 5.51. The zero-order valence-electron chi connectivity index (χ0n) is 11.2. The summed E-state index contributed by atoms with van der Waals surface area (Å²) in [6.45, 7) is 3.92. The lowest BCUT2D eigenvalue weighted by molar-refractivity contribution is -0.129. The predicted molar refractivity (Wildman–Crippen MR) is 68.6 cm³/mol. The average Bonchev–Trinajstić information content (AvgIpc) is 2.36. The van der Waals surface area contributed by atoms with Crippen molar-refractivity contribution in [1.29, 1.82) is 0 Å². The van der Waals surface area contributed by atoms with Crippen LogP contribution in [0, 0.1) is 23.7 Å². The normalized spacial score (nSPS) is 38.1. The van der Waals surface area contributed by atoms with Gasteiger partial charge in [0.25, 0.3) is 0 Å². The minimum Gasteiger partial charge on any atom is -0.393 e. The lowest BCUT2D eigenvalue weighted by atomic mass is 9.57. The van der Waals surface area contributed by atoms with Crippen LogP contribution in [-0.2, 0) is 4.79 Å². The van der Waals surface area contributed by atoms with E-state index in [0.717, 1.165) is 32.1 Å². The number of rotatable bonds is 5. The van der Waals surface area contributed by atoms with Gasteiger partial charge in [-0.1, -0.05) is 19.8 Å². The van der Waals surface area contributed by atoms with Crippen LogP contribution in [0.5, 0.6) is 0 Å². The second-order valence-corrected chi connectivity index (χ2v) is 6.16. The first-order chi connectivity index (χ1) is 8.13. The Hall–Kier alpha value is -0.370. The molecule has 0 radical (unpaired) electrons. The van der Waals surface area contributed by atoms with Gasteiger partial charge in [0, 0.05) is 5.92 Å². The van der Waals surface area contributed by atoms with Crippen LogP contribution in [0.4, 0.5) is 0 Å². The third kappa shape index (κ3) is 2.73. The van der Waals surface area contributed by atoms with Gasteiger partial charge < -0.3 is 5.11 Å². The van der Waals surface area contributed by atoms with Crippen LogP contribution in [0.25, 0.3) is 0 Å². The Morgan fingerprint density at radius 2 is 2.00 bits per heavy atom. The molecule has 5 atom stereocenters. The Bertz CT molecular complexity index is 274. The van der Waals surface area contributed by atoms with Crippen molar-refractivity contribution in [2.75, 3.05) is 0 Å². The summed E-state index contributed by atoms with van der Waals surface area (Å²) in [7, 11) is 0. The molecule has 0 aromatic carbocycles. The Morgan fingerprint density at radius 3 is 2.53 bits per heavy atom. The summed E-state index contributed by atoms with van der Waals surface area (Å²) < 4.78 is 0. The van der Waals surface area contributed by atoms with Gasteiger partial charge in [0.2, 0.25) is 0 Å². The molecule has 1 N–H and O–H groups in total. The van der Waals surface area contributed by atoms with Crippen LogP contribution >= 0.6 is 0 Å². The third-order valence-electron chi connectivity index (χ3n) is 5.08. The molecule has 0 aliphatic heterocycles. The van der Waals surface area contributed by atoms with E-state index in [0.29, 0.717) is 29.5 Å². The van der Waals surface area contributed by atoms with E-state index in [4.69, 9.17) is 0 Å². The number of ketones is 1. The van der Waals surface area contributed by atoms with E-state index in [1.807, 2.05) is 0 Å². The van der Waals surface area contributed by atoms with Crippen molar-refractivity contribution >= 4 is 5.78 Å². The van der Waals surface area contributed by atoms with Gasteiger partial charge in [0.15, 0.2) is 0 Å². The summed E-state index contributed by atoms with van der Waals surface area (Å²) in [6, 6.07) is 0. The average molecular weight is 238 g/mol. The number of carbonyl (C=O) groups excluding carboxylic acids is 1. The molecule has 5 unspecified atom stereocenters. The van der Waals surface area contributed by atoms with E-state index in [2.05, 4.69) is 6.92 Å².